The lowest BCUT2D eigenvalue weighted by Crippen LogP contribution is -2.54. The van der Waals surface area contributed by atoms with Crippen molar-refractivity contribution in [2.45, 2.75) is 65.0 Å². The van der Waals surface area contributed by atoms with Crippen LogP contribution in [0.3, 0.4) is 0 Å². The number of likely N-dealkylation sites (tertiary alicyclic amines) is 1. The lowest BCUT2D eigenvalue weighted by Gasteiger charge is -2.41. The van der Waals surface area contributed by atoms with E-state index < -0.39 is 0 Å². The first-order valence-electron chi connectivity index (χ1n) is 8.77. The highest BCUT2D eigenvalue weighted by Crippen LogP contribution is 2.19. The first kappa shape index (κ1) is 19.2. The second kappa shape index (κ2) is 10.1. The van der Waals surface area contributed by atoms with Crippen LogP contribution >= 0.6 is 0 Å². The van der Waals surface area contributed by atoms with Gasteiger partial charge in [-0.1, -0.05) is 6.42 Å². The molecule has 0 aromatic rings. The van der Waals surface area contributed by atoms with Crippen LogP contribution in [0.4, 0.5) is 0 Å². The Morgan fingerprint density at radius 3 is 2.45 bits per heavy atom. The zero-order chi connectivity index (χ0) is 16.4. The van der Waals surface area contributed by atoms with Gasteiger partial charge in [-0.05, 0) is 60.0 Å². The van der Waals surface area contributed by atoms with Gasteiger partial charge < -0.3 is 15.4 Å². The minimum Gasteiger partial charge on any atom is -0.379 e. The van der Waals surface area contributed by atoms with Crippen LogP contribution in [0.5, 0.6) is 0 Å². The molecule has 0 amide bonds. The van der Waals surface area contributed by atoms with Gasteiger partial charge in [0.2, 0.25) is 0 Å². The zero-order valence-corrected chi connectivity index (χ0v) is 15.2. The largest absolute Gasteiger partial charge is 0.379 e. The lowest BCUT2D eigenvalue weighted by molar-refractivity contribution is 0.0776. The molecule has 1 heterocycles. The summed E-state index contributed by atoms with van der Waals surface area (Å²) in [4.78, 5) is 6.89. The molecule has 22 heavy (non-hydrogen) atoms. The molecule has 5 heteroatoms. The van der Waals surface area contributed by atoms with Crippen molar-refractivity contribution in [1.29, 1.82) is 0 Å². The Labute approximate surface area is 136 Å². The molecular formula is C17H36N4O. The number of hydrogen-bond donors (Lipinski definition) is 2. The quantitative estimate of drug-likeness (QED) is 0.410. The molecule has 0 aromatic heterocycles. The average molecular weight is 313 g/mol. The monoisotopic (exact) mass is 312 g/mol. The zero-order valence-electron chi connectivity index (χ0n) is 15.2. The second-order valence-electron chi connectivity index (χ2n) is 6.99. The fourth-order valence-electron chi connectivity index (χ4n) is 2.73. The number of hydrogen-bond acceptors (Lipinski definition) is 3. The molecule has 0 atom stereocenters. The Morgan fingerprint density at radius 2 is 1.86 bits per heavy atom. The van der Waals surface area contributed by atoms with Crippen LogP contribution in [0.1, 0.15) is 53.4 Å². The topological polar surface area (TPSA) is 48.9 Å². The SMILES string of the molecule is CN=C(NCCCOC(C)C)NCC(C)(C)N1CCCCC1. The first-order chi connectivity index (χ1) is 10.5. The molecule has 2 N–H and O–H groups in total. The summed E-state index contributed by atoms with van der Waals surface area (Å²) in [5, 5.41) is 6.82. The van der Waals surface area contributed by atoms with Gasteiger partial charge >= 0.3 is 0 Å². The fourth-order valence-corrected chi connectivity index (χ4v) is 2.73. The van der Waals surface area contributed by atoms with E-state index in [4.69, 9.17) is 4.74 Å². The van der Waals surface area contributed by atoms with Crippen molar-refractivity contribution in [2.75, 3.05) is 39.8 Å². The van der Waals surface area contributed by atoms with Crippen LogP contribution in [0.2, 0.25) is 0 Å². The molecule has 0 aliphatic carbocycles. The molecule has 0 aromatic carbocycles. The third kappa shape index (κ3) is 7.45. The highest BCUT2D eigenvalue weighted by molar-refractivity contribution is 5.79. The average Bonchev–Trinajstić information content (AvgIpc) is 2.50. The van der Waals surface area contributed by atoms with Gasteiger partial charge in [0.25, 0.3) is 0 Å². The molecule has 0 saturated carbocycles. The smallest absolute Gasteiger partial charge is 0.191 e. The Balaban J connectivity index is 2.24. The van der Waals surface area contributed by atoms with E-state index in [1.165, 1.54) is 32.4 Å². The van der Waals surface area contributed by atoms with Crippen LogP contribution < -0.4 is 10.6 Å². The molecule has 0 unspecified atom stereocenters. The van der Waals surface area contributed by atoms with E-state index in [0.29, 0.717) is 6.10 Å². The van der Waals surface area contributed by atoms with Gasteiger partial charge in [-0.2, -0.15) is 0 Å². The number of nitrogens with zero attached hydrogens (tertiary/aromatic N) is 2. The van der Waals surface area contributed by atoms with Crippen molar-refractivity contribution >= 4 is 5.96 Å². The van der Waals surface area contributed by atoms with Crippen molar-refractivity contribution in [1.82, 2.24) is 15.5 Å². The Morgan fingerprint density at radius 1 is 1.18 bits per heavy atom. The fraction of sp³-hybridized carbons (Fsp3) is 0.941. The molecular weight excluding hydrogens is 276 g/mol. The maximum absolute atomic E-state index is 5.54. The predicted octanol–water partition coefficient (Wildman–Crippen LogP) is 2.23. The Hall–Kier alpha value is -0.810. The predicted molar refractivity (Wildman–Crippen MR) is 94.6 cm³/mol. The van der Waals surface area contributed by atoms with E-state index in [1.807, 2.05) is 7.05 Å². The number of aliphatic imine (C=N–C) groups is 1. The van der Waals surface area contributed by atoms with Crippen LogP contribution in [0.15, 0.2) is 4.99 Å². The summed E-state index contributed by atoms with van der Waals surface area (Å²) in [6.45, 7) is 13.8. The van der Waals surface area contributed by atoms with Crippen LogP contribution in [0, 0.1) is 0 Å². The number of rotatable bonds is 8. The number of piperidine rings is 1. The van der Waals surface area contributed by atoms with E-state index in [2.05, 4.69) is 48.2 Å². The van der Waals surface area contributed by atoms with Gasteiger partial charge in [-0.3, -0.25) is 9.89 Å². The normalized spacial score (nSPS) is 17.8. The summed E-state index contributed by atoms with van der Waals surface area (Å²) in [5.74, 6) is 0.884. The molecule has 0 radical (unpaired) electrons. The molecule has 5 nitrogen and oxygen atoms in total. The maximum Gasteiger partial charge on any atom is 0.191 e. The van der Waals surface area contributed by atoms with Crippen LogP contribution in [0.25, 0.3) is 0 Å². The molecule has 0 bridgehead atoms. The third-order valence-corrected chi connectivity index (χ3v) is 4.19. The van der Waals surface area contributed by atoms with Crippen molar-refractivity contribution in [3.8, 4) is 0 Å². The lowest BCUT2D eigenvalue weighted by atomic mass is 9.98. The van der Waals surface area contributed by atoms with Gasteiger partial charge in [0, 0.05) is 32.3 Å². The van der Waals surface area contributed by atoms with Crippen molar-refractivity contribution in [3.63, 3.8) is 0 Å². The first-order valence-corrected chi connectivity index (χ1v) is 8.77. The molecule has 0 spiro atoms. The third-order valence-electron chi connectivity index (χ3n) is 4.19. The van der Waals surface area contributed by atoms with E-state index in [0.717, 1.165) is 32.1 Å². The van der Waals surface area contributed by atoms with Crippen LogP contribution in [-0.4, -0.2) is 62.3 Å². The van der Waals surface area contributed by atoms with Gasteiger partial charge in [-0.15, -0.1) is 0 Å². The van der Waals surface area contributed by atoms with Crippen molar-refractivity contribution < 1.29 is 4.74 Å². The van der Waals surface area contributed by atoms with Gasteiger partial charge in [0.1, 0.15) is 0 Å². The molecule has 1 fully saturated rings. The van der Waals surface area contributed by atoms with E-state index >= 15 is 0 Å². The summed E-state index contributed by atoms with van der Waals surface area (Å²) < 4.78 is 5.54. The molecule has 130 valence electrons. The van der Waals surface area contributed by atoms with Gasteiger partial charge in [0.05, 0.1) is 6.10 Å². The number of nitrogens with one attached hydrogen (secondary N) is 2. The second-order valence-corrected chi connectivity index (χ2v) is 6.99. The van der Waals surface area contributed by atoms with Gasteiger partial charge in [0.15, 0.2) is 5.96 Å². The summed E-state index contributed by atoms with van der Waals surface area (Å²) in [6, 6.07) is 0. The maximum atomic E-state index is 5.54. The highest BCUT2D eigenvalue weighted by atomic mass is 16.5. The Bertz CT molecular complexity index is 323. The highest BCUT2D eigenvalue weighted by Gasteiger charge is 2.27. The van der Waals surface area contributed by atoms with E-state index in [9.17, 15) is 0 Å². The van der Waals surface area contributed by atoms with E-state index in [1.54, 1.807) is 0 Å². The number of ether oxygens (including phenoxy) is 1. The minimum atomic E-state index is 0.165. The summed E-state index contributed by atoms with van der Waals surface area (Å²) in [6.07, 6.45) is 5.33. The summed E-state index contributed by atoms with van der Waals surface area (Å²) in [5.41, 5.74) is 0.165. The van der Waals surface area contributed by atoms with Crippen molar-refractivity contribution in [2.24, 2.45) is 4.99 Å². The van der Waals surface area contributed by atoms with E-state index in [-0.39, 0.29) is 5.54 Å². The van der Waals surface area contributed by atoms with Crippen molar-refractivity contribution in [3.05, 3.63) is 0 Å². The van der Waals surface area contributed by atoms with Gasteiger partial charge in [-0.25, -0.2) is 0 Å². The summed E-state index contributed by atoms with van der Waals surface area (Å²) >= 11 is 0. The summed E-state index contributed by atoms with van der Waals surface area (Å²) in [7, 11) is 1.83. The molecule has 1 rings (SSSR count). The molecule has 1 aliphatic heterocycles. The molecule has 1 saturated heterocycles. The number of guanidine groups is 1. The standard InChI is InChI=1S/C17H36N4O/c1-15(2)22-13-9-10-19-16(18-5)20-14-17(3,4)21-11-7-6-8-12-21/h15H,6-14H2,1-5H3,(H2,18,19,20). The van der Waals surface area contributed by atoms with Crippen LogP contribution in [-0.2, 0) is 4.74 Å². The minimum absolute atomic E-state index is 0.165. The molecule has 1 aliphatic rings. The Kier molecular flexibility index (Phi) is 8.79.